The Labute approximate surface area is 113 Å². The monoisotopic (exact) mass is 248 g/mol. The van der Waals surface area contributed by atoms with E-state index in [1.54, 1.807) is 0 Å². The number of nitriles is 1. The van der Waals surface area contributed by atoms with Crippen molar-refractivity contribution in [3.8, 4) is 17.2 Å². The van der Waals surface area contributed by atoms with E-state index in [2.05, 4.69) is 53.9 Å². The zero-order chi connectivity index (χ0) is 13.2. The summed E-state index contributed by atoms with van der Waals surface area (Å²) < 4.78 is 0. The molecule has 1 aliphatic carbocycles. The second-order valence-electron chi connectivity index (χ2n) is 5.11. The zero-order valence-electron chi connectivity index (χ0n) is 11.0. The molecule has 1 unspecified atom stereocenters. The minimum Gasteiger partial charge on any atom is -0.382 e. The maximum atomic E-state index is 8.70. The van der Waals surface area contributed by atoms with E-state index in [-0.39, 0.29) is 6.04 Å². The van der Waals surface area contributed by atoms with Crippen LogP contribution in [-0.2, 0) is 6.42 Å². The molecular weight excluding hydrogens is 232 g/mol. The summed E-state index contributed by atoms with van der Waals surface area (Å²) in [5, 5.41) is 12.1. The summed E-state index contributed by atoms with van der Waals surface area (Å²) in [5.41, 5.74) is 6.58. The van der Waals surface area contributed by atoms with Crippen molar-refractivity contribution >= 4 is 5.69 Å². The number of hydrogen-bond acceptors (Lipinski definition) is 2. The van der Waals surface area contributed by atoms with Gasteiger partial charge in [-0.25, -0.2) is 0 Å². The van der Waals surface area contributed by atoms with Gasteiger partial charge < -0.3 is 5.32 Å². The van der Waals surface area contributed by atoms with E-state index >= 15 is 0 Å². The molecule has 0 radical (unpaired) electrons. The number of nitrogens with one attached hydrogen (secondary N) is 1. The van der Waals surface area contributed by atoms with Gasteiger partial charge in [-0.1, -0.05) is 30.3 Å². The van der Waals surface area contributed by atoms with E-state index < -0.39 is 0 Å². The molecule has 2 aromatic carbocycles. The van der Waals surface area contributed by atoms with Crippen LogP contribution in [-0.4, -0.2) is 6.04 Å². The van der Waals surface area contributed by atoms with E-state index in [4.69, 9.17) is 5.26 Å². The van der Waals surface area contributed by atoms with Crippen molar-refractivity contribution in [2.45, 2.75) is 25.8 Å². The van der Waals surface area contributed by atoms with Crippen molar-refractivity contribution in [2.75, 3.05) is 5.32 Å². The third-order valence-corrected chi connectivity index (χ3v) is 3.60. The molecule has 1 atom stereocenters. The average molecular weight is 248 g/mol. The van der Waals surface area contributed by atoms with Crippen LogP contribution in [0.15, 0.2) is 42.5 Å². The molecule has 0 heterocycles. The van der Waals surface area contributed by atoms with Crippen molar-refractivity contribution in [3.05, 3.63) is 53.6 Å². The van der Waals surface area contributed by atoms with E-state index in [0.29, 0.717) is 6.42 Å². The Bertz CT molecular complexity index is 653. The Hall–Kier alpha value is -2.27. The second-order valence-corrected chi connectivity index (χ2v) is 5.11. The van der Waals surface area contributed by atoms with Crippen LogP contribution in [0.2, 0.25) is 0 Å². The van der Waals surface area contributed by atoms with Gasteiger partial charge in [0.1, 0.15) is 0 Å². The average Bonchev–Trinajstić information content (AvgIpc) is 2.76. The van der Waals surface area contributed by atoms with Crippen LogP contribution < -0.4 is 5.32 Å². The molecule has 2 nitrogen and oxygen atoms in total. The van der Waals surface area contributed by atoms with Gasteiger partial charge in [0.2, 0.25) is 0 Å². The minimum atomic E-state index is 0.187. The van der Waals surface area contributed by atoms with Gasteiger partial charge in [-0.15, -0.1) is 0 Å². The topological polar surface area (TPSA) is 35.8 Å². The Morgan fingerprint density at radius 1 is 1.16 bits per heavy atom. The Morgan fingerprint density at radius 2 is 1.95 bits per heavy atom. The molecular formula is C17H16N2. The molecule has 0 aliphatic heterocycles. The molecule has 3 rings (SSSR count). The van der Waals surface area contributed by atoms with Crippen LogP contribution in [0.1, 0.15) is 24.5 Å². The molecule has 0 fully saturated rings. The van der Waals surface area contributed by atoms with Crippen LogP contribution >= 0.6 is 0 Å². The Balaban J connectivity index is 1.88. The predicted octanol–water partition coefficient (Wildman–Crippen LogP) is 3.97. The molecule has 0 bridgehead atoms. The number of fused-ring (bicyclic) bond motifs is 3. The maximum Gasteiger partial charge on any atom is 0.0643 e. The number of anilines is 1. The highest BCUT2D eigenvalue weighted by molar-refractivity contribution is 5.78. The van der Waals surface area contributed by atoms with Crippen molar-refractivity contribution in [3.63, 3.8) is 0 Å². The van der Waals surface area contributed by atoms with E-state index in [1.807, 2.05) is 6.92 Å². The van der Waals surface area contributed by atoms with Crippen molar-refractivity contribution in [1.82, 2.24) is 0 Å². The van der Waals surface area contributed by atoms with Gasteiger partial charge >= 0.3 is 0 Å². The highest BCUT2D eigenvalue weighted by Gasteiger charge is 2.17. The van der Waals surface area contributed by atoms with Crippen molar-refractivity contribution in [1.29, 1.82) is 5.26 Å². The van der Waals surface area contributed by atoms with E-state index in [0.717, 1.165) is 12.1 Å². The van der Waals surface area contributed by atoms with E-state index in [1.165, 1.54) is 22.3 Å². The predicted molar refractivity (Wildman–Crippen MR) is 78.0 cm³/mol. The smallest absolute Gasteiger partial charge is 0.0643 e. The standard InChI is InChI=1S/C17H16N2/c1-12(8-9-18)19-15-6-7-17-14(11-15)10-13-4-2-3-5-16(13)17/h2-7,11-12,19H,8,10H2,1H3. The summed E-state index contributed by atoms with van der Waals surface area (Å²) in [7, 11) is 0. The normalized spacial score (nSPS) is 13.3. The number of rotatable bonds is 3. The molecule has 0 saturated heterocycles. The minimum absolute atomic E-state index is 0.187. The summed E-state index contributed by atoms with van der Waals surface area (Å²) >= 11 is 0. The van der Waals surface area contributed by atoms with Crippen LogP contribution in [0.25, 0.3) is 11.1 Å². The lowest BCUT2D eigenvalue weighted by Crippen LogP contribution is -2.13. The quantitative estimate of drug-likeness (QED) is 0.761. The Kier molecular flexibility index (Phi) is 2.97. The van der Waals surface area contributed by atoms with Gasteiger partial charge in [-0.2, -0.15) is 5.26 Å². The molecule has 2 heteroatoms. The van der Waals surface area contributed by atoms with Gasteiger partial charge in [0.15, 0.2) is 0 Å². The molecule has 2 aromatic rings. The fourth-order valence-electron chi connectivity index (χ4n) is 2.71. The van der Waals surface area contributed by atoms with Gasteiger partial charge in [0.25, 0.3) is 0 Å². The molecule has 0 spiro atoms. The largest absolute Gasteiger partial charge is 0.382 e. The molecule has 1 aliphatic rings. The first kappa shape index (κ1) is 11.8. The summed E-state index contributed by atoms with van der Waals surface area (Å²) in [4.78, 5) is 0. The molecule has 94 valence electrons. The molecule has 0 aromatic heterocycles. The van der Waals surface area contributed by atoms with Crippen molar-refractivity contribution < 1.29 is 0 Å². The van der Waals surface area contributed by atoms with Crippen LogP contribution in [0.4, 0.5) is 5.69 Å². The highest BCUT2D eigenvalue weighted by Crippen LogP contribution is 2.37. The third-order valence-electron chi connectivity index (χ3n) is 3.60. The van der Waals surface area contributed by atoms with Gasteiger partial charge in [0.05, 0.1) is 12.5 Å². The van der Waals surface area contributed by atoms with Crippen LogP contribution in [0.3, 0.4) is 0 Å². The lowest BCUT2D eigenvalue weighted by Gasteiger charge is -2.13. The molecule has 19 heavy (non-hydrogen) atoms. The van der Waals surface area contributed by atoms with Crippen LogP contribution in [0, 0.1) is 11.3 Å². The fraction of sp³-hybridized carbons (Fsp3) is 0.235. The number of hydrogen-bond donors (Lipinski definition) is 1. The fourth-order valence-corrected chi connectivity index (χ4v) is 2.71. The van der Waals surface area contributed by atoms with Gasteiger partial charge in [0, 0.05) is 11.7 Å². The Morgan fingerprint density at radius 3 is 2.79 bits per heavy atom. The number of benzene rings is 2. The van der Waals surface area contributed by atoms with Crippen molar-refractivity contribution in [2.24, 2.45) is 0 Å². The summed E-state index contributed by atoms with van der Waals surface area (Å²) in [5.74, 6) is 0. The highest BCUT2D eigenvalue weighted by atomic mass is 14.9. The SMILES string of the molecule is CC(CC#N)Nc1ccc2c(c1)Cc1ccccc1-2. The first-order valence-corrected chi connectivity index (χ1v) is 6.62. The van der Waals surface area contributed by atoms with Gasteiger partial charge in [-0.05, 0) is 47.7 Å². The lowest BCUT2D eigenvalue weighted by atomic mass is 10.1. The second kappa shape index (κ2) is 4.78. The van der Waals surface area contributed by atoms with Gasteiger partial charge in [-0.3, -0.25) is 0 Å². The summed E-state index contributed by atoms with van der Waals surface area (Å²) in [6.45, 7) is 2.03. The number of nitrogens with zero attached hydrogens (tertiary/aromatic N) is 1. The first-order chi connectivity index (χ1) is 9.28. The third kappa shape index (κ3) is 2.20. The first-order valence-electron chi connectivity index (χ1n) is 6.62. The summed E-state index contributed by atoms with van der Waals surface area (Å²) in [6.07, 6.45) is 1.53. The molecule has 0 saturated carbocycles. The van der Waals surface area contributed by atoms with Crippen LogP contribution in [0.5, 0.6) is 0 Å². The van der Waals surface area contributed by atoms with E-state index in [9.17, 15) is 0 Å². The summed E-state index contributed by atoms with van der Waals surface area (Å²) in [6, 6.07) is 17.4. The lowest BCUT2D eigenvalue weighted by molar-refractivity contribution is 0.821. The maximum absolute atomic E-state index is 8.70. The molecule has 1 N–H and O–H groups in total. The molecule has 0 amide bonds. The zero-order valence-corrected chi connectivity index (χ0v) is 11.0.